The lowest BCUT2D eigenvalue weighted by atomic mass is 9.99. The average Bonchev–Trinajstić information content (AvgIpc) is 3.50. The molecule has 1 saturated heterocycles. The molecule has 0 aliphatic carbocycles. The first-order valence-electron chi connectivity index (χ1n) is 9.93. The highest BCUT2D eigenvalue weighted by molar-refractivity contribution is 6.06. The van der Waals surface area contributed by atoms with Crippen molar-refractivity contribution in [2.75, 3.05) is 31.2 Å². The summed E-state index contributed by atoms with van der Waals surface area (Å²) in [5.41, 5.74) is 5.58. The van der Waals surface area contributed by atoms with Crippen molar-refractivity contribution in [1.29, 1.82) is 0 Å². The Balaban J connectivity index is 1.66. The molecule has 6 rings (SSSR count). The van der Waals surface area contributed by atoms with E-state index in [0.29, 0.717) is 13.2 Å². The third-order valence-corrected chi connectivity index (χ3v) is 5.56. The van der Waals surface area contributed by atoms with Gasteiger partial charge in [-0.25, -0.2) is 9.97 Å². The Morgan fingerprint density at radius 2 is 1.80 bits per heavy atom. The molecule has 2 N–H and O–H groups in total. The zero-order valence-corrected chi connectivity index (χ0v) is 16.2. The van der Waals surface area contributed by atoms with Gasteiger partial charge >= 0.3 is 0 Å². The Bertz CT molecular complexity index is 1340. The van der Waals surface area contributed by atoms with Crippen molar-refractivity contribution in [1.82, 2.24) is 30.1 Å². The van der Waals surface area contributed by atoms with Gasteiger partial charge < -0.3 is 14.6 Å². The largest absolute Gasteiger partial charge is 0.378 e. The van der Waals surface area contributed by atoms with Crippen LogP contribution in [-0.4, -0.2) is 56.4 Å². The molecule has 1 aliphatic rings. The van der Waals surface area contributed by atoms with Crippen LogP contribution in [0.3, 0.4) is 0 Å². The second-order valence-electron chi connectivity index (χ2n) is 7.25. The quantitative estimate of drug-likeness (QED) is 0.484. The van der Waals surface area contributed by atoms with Crippen LogP contribution >= 0.6 is 0 Å². The molecule has 5 aromatic rings. The fourth-order valence-electron chi connectivity index (χ4n) is 4.10. The van der Waals surface area contributed by atoms with Gasteiger partial charge in [0.1, 0.15) is 22.7 Å². The molecular formula is C22H19N7O. The summed E-state index contributed by atoms with van der Waals surface area (Å²) in [6.07, 6.45) is 7.32. The minimum absolute atomic E-state index is 0.701. The molecule has 8 heteroatoms. The number of aromatic nitrogens is 6. The summed E-state index contributed by atoms with van der Waals surface area (Å²) < 4.78 is 5.55. The molecule has 5 aromatic heterocycles. The Morgan fingerprint density at radius 1 is 0.900 bits per heavy atom. The Morgan fingerprint density at radius 3 is 2.67 bits per heavy atom. The summed E-state index contributed by atoms with van der Waals surface area (Å²) in [4.78, 5) is 19.6. The number of ether oxygens (including phenoxy) is 1. The van der Waals surface area contributed by atoms with E-state index >= 15 is 0 Å². The number of H-pyrrole nitrogens is 2. The van der Waals surface area contributed by atoms with Gasteiger partial charge in [0.15, 0.2) is 0 Å². The van der Waals surface area contributed by atoms with E-state index in [-0.39, 0.29) is 0 Å². The fraction of sp³-hybridized carbons (Fsp3) is 0.182. The first-order chi connectivity index (χ1) is 14.9. The van der Waals surface area contributed by atoms with E-state index in [4.69, 9.17) is 9.72 Å². The maximum Gasteiger partial charge on any atom is 0.137 e. The van der Waals surface area contributed by atoms with Gasteiger partial charge in [-0.3, -0.25) is 10.1 Å². The van der Waals surface area contributed by atoms with Gasteiger partial charge in [0.2, 0.25) is 0 Å². The van der Waals surface area contributed by atoms with Crippen LogP contribution in [0.5, 0.6) is 0 Å². The van der Waals surface area contributed by atoms with Crippen LogP contribution in [0.25, 0.3) is 44.5 Å². The third-order valence-electron chi connectivity index (χ3n) is 5.56. The number of rotatable bonds is 3. The molecule has 30 heavy (non-hydrogen) atoms. The van der Waals surface area contributed by atoms with Crippen molar-refractivity contribution in [3.05, 3.63) is 55.1 Å². The number of pyridine rings is 3. The van der Waals surface area contributed by atoms with Gasteiger partial charge in [-0.2, -0.15) is 5.10 Å². The summed E-state index contributed by atoms with van der Waals surface area (Å²) in [5.74, 6) is 0.926. The van der Waals surface area contributed by atoms with Crippen LogP contribution in [0, 0.1) is 0 Å². The molecule has 0 radical (unpaired) electrons. The molecule has 0 aromatic carbocycles. The SMILES string of the molecule is c1cc(-c2nccc3c(-c4ccnc5[nH]ccc45)cc(N4CCOCC4)nc23)[nH]n1. The summed E-state index contributed by atoms with van der Waals surface area (Å²) in [5, 5.41) is 9.25. The van der Waals surface area contributed by atoms with Crippen molar-refractivity contribution in [2.45, 2.75) is 0 Å². The van der Waals surface area contributed by atoms with E-state index in [9.17, 15) is 0 Å². The minimum Gasteiger partial charge on any atom is -0.378 e. The first-order valence-corrected chi connectivity index (χ1v) is 9.93. The van der Waals surface area contributed by atoms with Crippen molar-refractivity contribution in [3.8, 4) is 22.5 Å². The summed E-state index contributed by atoms with van der Waals surface area (Å²) in [6.45, 7) is 3.03. The van der Waals surface area contributed by atoms with E-state index in [1.165, 1.54) is 0 Å². The van der Waals surface area contributed by atoms with E-state index < -0.39 is 0 Å². The minimum atomic E-state index is 0.701. The maximum atomic E-state index is 5.55. The molecular weight excluding hydrogens is 378 g/mol. The summed E-state index contributed by atoms with van der Waals surface area (Å²) >= 11 is 0. The molecule has 0 amide bonds. The molecule has 0 atom stereocenters. The number of anilines is 1. The molecule has 6 heterocycles. The van der Waals surface area contributed by atoms with Crippen molar-refractivity contribution in [3.63, 3.8) is 0 Å². The van der Waals surface area contributed by atoms with Gasteiger partial charge in [0, 0.05) is 48.6 Å². The predicted molar refractivity (Wildman–Crippen MR) is 115 cm³/mol. The molecule has 1 aliphatic heterocycles. The molecule has 0 unspecified atom stereocenters. The number of morpholine rings is 1. The molecule has 0 saturated carbocycles. The van der Waals surface area contributed by atoms with Crippen molar-refractivity contribution in [2.24, 2.45) is 0 Å². The third kappa shape index (κ3) is 2.73. The Kier molecular flexibility index (Phi) is 3.95. The molecule has 8 nitrogen and oxygen atoms in total. The first kappa shape index (κ1) is 17.1. The fourth-order valence-corrected chi connectivity index (χ4v) is 4.10. The van der Waals surface area contributed by atoms with E-state index in [2.05, 4.69) is 48.2 Å². The topological polar surface area (TPSA) is 95.6 Å². The molecule has 0 bridgehead atoms. The van der Waals surface area contributed by atoms with Crippen LogP contribution in [0.4, 0.5) is 5.82 Å². The van der Waals surface area contributed by atoms with Gasteiger partial charge in [0.25, 0.3) is 0 Å². The van der Waals surface area contributed by atoms with Gasteiger partial charge in [-0.05, 0) is 41.5 Å². The second-order valence-corrected chi connectivity index (χ2v) is 7.25. The van der Waals surface area contributed by atoms with Crippen LogP contribution in [-0.2, 0) is 4.74 Å². The number of nitrogens with one attached hydrogen (secondary N) is 2. The van der Waals surface area contributed by atoms with Crippen LogP contribution in [0.15, 0.2) is 55.1 Å². The van der Waals surface area contributed by atoms with E-state index in [0.717, 1.165) is 63.4 Å². The molecule has 148 valence electrons. The van der Waals surface area contributed by atoms with Gasteiger partial charge in [-0.15, -0.1) is 0 Å². The van der Waals surface area contributed by atoms with E-state index in [1.54, 1.807) is 6.20 Å². The van der Waals surface area contributed by atoms with Crippen LogP contribution < -0.4 is 4.90 Å². The number of nitrogens with zero attached hydrogens (tertiary/aromatic N) is 5. The zero-order chi connectivity index (χ0) is 19.9. The maximum absolute atomic E-state index is 5.55. The highest BCUT2D eigenvalue weighted by Crippen LogP contribution is 2.37. The summed E-state index contributed by atoms with van der Waals surface area (Å²) in [6, 6.07) is 10.2. The molecule has 0 spiro atoms. The Labute approximate surface area is 172 Å². The van der Waals surface area contributed by atoms with Crippen LogP contribution in [0.2, 0.25) is 0 Å². The number of hydrogen-bond donors (Lipinski definition) is 2. The lowest BCUT2D eigenvalue weighted by molar-refractivity contribution is 0.122. The lowest BCUT2D eigenvalue weighted by Gasteiger charge is -2.28. The predicted octanol–water partition coefficient (Wildman–Crippen LogP) is 3.40. The number of hydrogen-bond acceptors (Lipinski definition) is 6. The number of aromatic amines is 2. The lowest BCUT2D eigenvalue weighted by Crippen LogP contribution is -2.36. The smallest absolute Gasteiger partial charge is 0.137 e. The highest BCUT2D eigenvalue weighted by atomic mass is 16.5. The van der Waals surface area contributed by atoms with Gasteiger partial charge in [-0.1, -0.05) is 0 Å². The van der Waals surface area contributed by atoms with Crippen molar-refractivity contribution >= 4 is 27.8 Å². The number of fused-ring (bicyclic) bond motifs is 2. The zero-order valence-electron chi connectivity index (χ0n) is 16.2. The van der Waals surface area contributed by atoms with Gasteiger partial charge in [0.05, 0.1) is 18.9 Å². The summed E-state index contributed by atoms with van der Waals surface area (Å²) in [7, 11) is 0. The Hall–Kier alpha value is -3.78. The monoisotopic (exact) mass is 397 g/mol. The van der Waals surface area contributed by atoms with Crippen LogP contribution in [0.1, 0.15) is 0 Å². The second kappa shape index (κ2) is 6.93. The van der Waals surface area contributed by atoms with E-state index in [1.807, 2.05) is 30.7 Å². The average molecular weight is 397 g/mol. The highest BCUT2D eigenvalue weighted by Gasteiger charge is 2.19. The molecule has 1 fully saturated rings. The normalized spacial score (nSPS) is 14.6. The van der Waals surface area contributed by atoms with Crippen molar-refractivity contribution < 1.29 is 4.74 Å². The standard InChI is InChI=1S/C22H19N7O/c1-6-24-22-16(3-7-25-22)14(1)17-13-19(29-9-11-30-12-10-29)27-20-15(17)2-5-23-21(20)18-4-8-26-28-18/h1-8,13H,9-12H2,(H,24,25)(H,26,28).